The van der Waals surface area contributed by atoms with Crippen LogP contribution in [-0.4, -0.2) is 55.1 Å². The number of rotatable bonds is 3. The molecule has 3 rings (SSSR count). The fraction of sp³-hybridized carbons (Fsp3) is 0.632. The SMILES string of the molecule is Cc1cccc([C@H](C)N2CCC(C(=O)N3CCOCC3)CC2)c1. The third kappa shape index (κ3) is 3.93. The molecule has 0 bridgehead atoms. The van der Waals surface area contributed by atoms with Gasteiger partial charge >= 0.3 is 0 Å². The number of morpholine rings is 1. The van der Waals surface area contributed by atoms with Crippen molar-refractivity contribution in [3.63, 3.8) is 0 Å². The first kappa shape index (κ1) is 16.5. The van der Waals surface area contributed by atoms with Gasteiger partial charge in [-0.05, 0) is 45.3 Å². The summed E-state index contributed by atoms with van der Waals surface area (Å²) in [5.74, 6) is 0.546. The molecule has 2 aliphatic heterocycles. The number of hydrogen-bond donors (Lipinski definition) is 0. The van der Waals surface area contributed by atoms with Crippen LogP contribution in [0.1, 0.15) is 36.9 Å². The van der Waals surface area contributed by atoms with E-state index in [4.69, 9.17) is 4.74 Å². The van der Waals surface area contributed by atoms with Crippen molar-refractivity contribution in [2.45, 2.75) is 32.7 Å². The van der Waals surface area contributed by atoms with Crippen LogP contribution in [0, 0.1) is 12.8 Å². The smallest absolute Gasteiger partial charge is 0.225 e. The predicted octanol–water partition coefficient (Wildman–Crippen LogP) is 2.63. The van der Waals surface area contributed by atoms with Crippen LogP contribution in [0.2, 0.25) is 0 Å². The lowest BCUT2D eigenvalue weighted by Gasteiger charge is -2.38. The first-order chi connectivity index (χ1) is 11.1. The lowest BCUT2D eigenvalue weighted by Crippen LogP contribution is -2.47. The van der Waals surface area contributed by atoms with Gasteiger partial charge in [-0.2, -0.15) is 0 Å². The van der Waals surface area contributed by atoms with Crippen molar-refractivity contribution in [1.82, 2.24) is 9.80 Å². The number of carbonyl (C=O) groups excluding carboxylic acids is 1. The zero-order valence-corrected chi connectivity index (χ0v) is 14.3. The van der Waals surface area contributed by atoms with E-state index in [0.717, 1.165) is 39.0 Å². The minimum Gasteiger partial charge on any atom is -0.378 e. The second-order valence-electron chi connectivity index (χ2n) is 6.84. The molecule has 2 aliphatic rings. The van der Waals surface area contributed by atoms with E-state index in [1.165, 1.54) is 11.1 Å². The van der Waals surface area contributed by atoms with Crippen LogP contribution >= 0.6 is 0 Å². The van der Waals surface area contributed by atoms with Crippen LogP contribution in [0.3, 0.4) is 0 Å². The lowest BCUT2D eigenvalue weighted by molar-refractivity contribution is -0.141. The summed E-state index contributed by atoms with van der Waals surface area (Å²) in [4.78, 5) is 17.1. The van der Waals surface area contributed by atoms with Crippen molar-refractivity contribution < 1.29 is 9.53 Å². The number of ether oxygens (including phenoxy) is 1. The molecule has 2 heterocycles. The molecule has 1 amide bonds. The molecule has 4 heteroatoms. The molecule has 4 nitrogen and oxygen atoms in total. The predicted molar refractivity (Wildman–Crippen MR) is 91.3 cm³/mol. The second kappa shape index (κ2) is 7.45. The minimum atomic E-state index is 0.203. The van der Waals surface area contributed by atoms with Crippen molar-refractivity contribution in [2.24, 2.45) is 5.92 Å². The summed E-state index contributed by atoms with van der Waals surface area (Å²) in [7, 11) is 0. The highest BCUT2D eigenvalue weighted by molar-refractivity contribution is 5.79. The molecule has 0 spiro atoms. The fourth-order valence-electron chi connectivity index (χ4n) is 3.72. The molecule has 0 unspecified atom stereocenters. The molecule has 0 radical (unpaired) electrons. The monoisotopic (exact) mass is 316 g/mol. The van der Waals surface area contributed by atoms with Crippen molar-refractivity contribution in [3.8, 4) is 0 Å². The lowest BCUT2D eigenvalue weighted by atomic mass is 9.93. The van der Waals surface area contributed by atoms with E-state index in [0.29, 0.717) is 25.2 Å². The maximum absolute atomic E-state index is 12.6. The van der Waals surface area contributed by atoms with Gasteiger partial charge in [0.2, 0.25) is 5.91 Å². The molecule has 1 aromatic rings. The van der Waals surface area contributed by atoms with Gasteiger partial charge in [0, 0.05) is 25.0 Å². The molecular formula is C19H28N2O2. The van der Waals surface area contributed by atoms with Gasteiger partial charge in [0.05, 0.1) is 13.2 Å². The number of carbonyl (C=O) groups is 1. The van der Waals surface area contributed by atoms with E-state index in [9.17, 15) is 4.79 Å². The fourth-order valence-corrected chi connectivity index (χ4v) is 3.72. The number of aryl methyl sites for hydroxylation is 1. The molecule has 0 aromatic heterocycles. The van der Waals surface area contributed by atoms with Crippen LogP contribution in [-0.2, 0) is 9.53 Å². The van der Waals surface area contributed by atoms with Gasteiger partial charge in [-0.1, -0.05) is 29.8 Å². The highest BCUT2D eigenvalue weighted by atomic mass is 16.5. The van der Waals surface area contributed by atoms with E-state index in [2.05, 4.69) is 43.0 Å². The highest BCUT2D eigenvalue weighted by Gasteiger charge is 2.30. The third-order valence-electron chi connectivity index (χ3n) is 5.27. The van der Waals surface area contributed by atoms with E-state index < -0.39 is 0 Å². The summed E-state index contributed by atoms with van der Waals surface area (Å²) in [5.41, 5.74) is 2.69. The van der Waals surface area contributed by atoms with Crippen LogP contribution < -0.4 is 0 Å². The van der Waals surface area contributed by atoms with Gasteiger partial charge in [-0.15, -0.1) is 0 Å². The van der Waals surface area contributed by atoms with Gasteiger partial charge in [0.25, 0.3) is 0 Å². The largest absolute Gasteiger partial charge is 0.378 e. The van der Waals surface area contributed by atoms with Gasteiger partial charge in [-0.3, -0.25) is 9.69 Å². The van der Waals surface area contributed by atoms with Crippen LogP contribution in [0.25, 0.3) is 0 Å². The van der Waals surface area contributed by atoms with Crippen LogP contribution in [0.5, 0.6) is 0 Å². The summed E-state index contributed by atoms with van der Waals surface area (Å²) in [6.07, 6.45) is 1.96. The van der Waals surface area contributed by atoms with Crippen molar-refractivity contribution in [1.29, 1.82) is 0 Å². The molecule has 0 saturated carbocycles. The Morgan fingerprint density at radius 1 is 1.17 bits per heavy atom. The number of likely N-dealkylation sites (tertiary alicyclic amines) is 1. The van der Waals surface area contributed by atoms with E-state index >= 15 is 0 Å². The topological polar surface area (TPSA) is 32.8 Å². The molecule has 1 aromatic carbocycles. The zero-order chi connectivity index (χ0) is 16.2. The normalized spacial score (nSPS) is 22.1. The number of nitrogens with zero attached hydrogens (tertiary/aromatic N) is 2. The molecule has 2 fully saturated rings. The van der Waals surface area contributed by atoms with Gasteiger partial charge < -0.3 is 9.64 Å². The number of hydrogen-bond acceptors (Lipinski definition) is 3. The van der Waals surface area contributed by atoms with E-state index in [1.807, 2.05) is 4.90 Å². The molecular weight excluding hydrogens is 288 g/mol. The first-order valence-electron chi connectivity index (χ1n) is 8.82. The van der Waals surface area contributed by atoms with Crippen LogP contribution in [0.4, 0.5) is 0 Å². The summed E-state index contributed by atoms with van der Waals surface area (Å²) >= 11 is 0. The summed E-state index contributed by atoms with van der Waals surface area (Å²) in [6.45, 7) is 9.34. The number of benzene rings is 1. The molecule has 2 saturated heterocycles. The summed E-state index contributed by atoms with van der Waals surface area (Å²) < 4.78 is 5.34. The van der Waals surface area contributed by atoms with Crippen molar-refractivity contribution >= 4 is 5.91 Å². The molecule has 23 heavy (non-hydrogen) atoms. The van der Waals surface area contributed by atoms with Crippen LogP contribution in [0.15, 0.2) is 24.3 Å². The van der Waals surface area contributed by atoms with Gasteiger partial charge in [0.1, 0.15) is 0 Å². The Bertz CT molecular complexity index is 532. The number of amides is 1. The average Bonchev–Trinajstić information content (AvgIpc) is 2.61. The minimum absolute atomic E-state index is 0.203. The Morgan fingerprint density at radius 2 is 1.87 bits per heavy atom. The molecule has 0 N–H and O–H groups in total. The summed E-state index contributed by atoms with van der Waals surface area (Å²) in [6, 6.07) is 9.19. The Labute approximate surface area is 139 Å². The number of piperidine rings is 1. The quantitative estimate of drug-likeness (QED) is 0.859. The average molecular weight is 316 g/mol. The molecule has 126 valence electrons. The van der Waals surface area contributed by atoms with Crippen molar-refractivity contribution in [3.05, 3.63) is 35.4 Å². The highest BCUT2D eigenvalue weighted by Crippen LogP contribution is 2.28. The Morgan fingerprint density at radius 3 is 2.52 bits per heavy atom. The van der Waals surface area contributed by atoms with Crippen molar-refractivity contribution in [2.75, 3.05) is 39.4 Å². The Hall–Kier alpha value is -1.39. The maximum Gasteiger partial charge on any atom is 0.225 e. The van der Waals surface area contributed by atoms with E-state index in [1.54, 1.807) is 0 Å². The summed E-state index contributed by atoms with van der Waals surface area (Å²) in [5, 5.41) is 0. The van der Waals surface area contributed by atoms with Gasteiger partial charge in [-0.25, -0.2) is 0 Å². The second-order valence-corrected chi connectivity index (χ2v) is 6.84. The zero-order valence-electron chi connectivity index (χ0n) is 14.3. The van der Waals surface area contributed by atoms with E-state index in [-0.39, 0.29) is 5.92 Å². The third-order valence-corrected chi connectivity index (χ3v) is 5.27. The molecule has 0 aliphatic carbocycles. The Kier molecular flexibility index (Phi) is 5.34. The van der Waals surface area contributed by atoms with Gasteiger partial charge in [0.15, 0.2) is 0 Å². The first-order valence-corrected chi connectivity index (χ1v) is 8.82. The standard InChI is InChI=1S/C19H28N2O2/c1-15-4-3-5-18(14-15)16(2)20-8-6-17(7-9-20)19(22)21-10-12-23-13-11-21/h3-5,14,16-17H,6-13H2,1-2H3/t16-/m0/s1. The maximum atomic E-state index is 12.6. The Balaban J connectivity index is 1.54. The molecule has 1 atom stereocenters.